The number of carbonyl (C=O) groups excluding carboxylic acids is 1. The molecular weight excluding hydrogens is 542 g/mol. The lowest BCUT2D eigenvalue weighted by atomic mass is 9.97. The number of hydrogen-bond acceptors (Lipinski definition) is 6. The molecule has 2 N–H and O–H groups in total. The van der Waals surface area contributed by atoms with E-state index in [1.807, 2.05) is 6.92 Å². The quantitative estimate of drug-likeness (QED) is 0.544. The Balaban J connectivity index is 0.00000228. The molecule has 0 saturated carbocycles. The number of aromatic nitrogens is 2. The van der Waals surface area contributed by atoms with Gasteiger partial charge < -0.3 is 20.2 Å². The summed E-state index contributed by atoms with van der Waals surface area (Å²) >= 11 is 5.95. The zero-order chi connectivity index (χ0) is 24.5. The lowest BCUT2D eigenvalue weighted by Crippen LogP contribution is -2.51. The number of fused-ring (bicyclic) bond motifs is 1. The summed E-state index contributed by atoms with van der Waals surface area (Å²) in [7, 11) is 0. The molecule has 1 aromatic heterocycles. The number of carbonyl (C=O) groups is 1. The number of rotatable bonds is 6. The minimum atomic E-state index is -4.36. The molecule has 2 aromatic rings. The summed E-state index contributed by atoms with van der Waals surface area (Å²) in [6.07, 6.45) is -2.90. The van der Waals surface area contributed by atoms with Crippen molar-refractivity contribution in [1.82, 2.24) is 20.2 Å². The Kier molecular flexibility index (Phi) is 10.6. The summed E-state index contributed by atoms with van der Waals surface area (Å²) < 4.78 is 38.0. The normalized spacial score (nSPS) is 20.3. The lowest BCUT2D eigenvalue weighted by Gasteiger charge is -2.38. The topological polar surface area (TPSA) is 81.6 Å². The van der Waals surface area contributed by atoms with E-state index in [2.05, 4.69) is 20.2 Å². The Morgan fingerprint density at radius 2 is 1.81 bits per heavy atom. The van der Waals surface area contributed by atoms with Crippen LogP contribution in [0.5, 0.6) is 0 Å². The summed E-state index contributed by atoms with van der Waals surface area (Å²) in [4.78, 5) is 25.8. The van der Waals surface area contributed by atoms with Crippen molar-refractivity contribution in [3.8, 4) is 0 Å². The second-order valence-electron chi connectivity index (χ2n) is 8.81. The molecule has 7 nitrogen and oxygen atoms in total. The van der Waals surface area contributed by atoms with Crippen LogP contribution in [-0.2, 0) is 4.79 Å². The van der Waals surface area contributed by atoms with Crippen LogP contribution in [0.2, 0.25) is 5.02 Å². The van der Waals surface area contributed by atoms with E-state index in [9.17, 15) is 23.1 Å². The highest BCUT2D eigenvalue weighted by atomic mass is 35.5. The first-order valence-electron chi connectivity index (χ1n) is 11.2. The molecule has 2 aliphatic rings. The minimum Gasteiger partial charge on any atom is -0.387 e. The summed E-state index contributed by atoms with van der Waals surface area (Å²) in [5, 5.41) is 13.1. The lowest BCUT2D eigenvalue weighted by molar-refractivity contribution is -0.135. The Bertz CT molecular complexity index is 1020. The SMILES string of the molecule is C[C@@H]1C[C@@H](O)c2ncnc(N3CCN(C(=O)[C@H](CNCC(F)(F)F)c4ccc(Cl)cc4)CC3)c21.Cl.Cl. The van der Waals surface area contributed by atoms with E-state index in [0.717, 1.165) is 11.4 Å². The van der Waals surface area contributed by atoms with Gasteiger partial charge in [-0.2, -0.15) is 13.2 Å². The van der Waals surface area contributed by atoms with Gasteiger partial charge in [0.05, 0.1) is 24.3 Å². The zero-order valence-corrected chi connectivity index (χ0v) is 21.9. The highest BCUT2D eigenvalue weighted by Crippen LogP contribution is 2.42. The second-order valence-corrected chi connectivity index (χ2v) is 9.25. The van der Waals surface area contributed by atoms with Crippen molar-refractivity contribution in [2.75, 3.05) is 44.2 Å². The number of halogens is 6. The van der Waals surface area contributed by atoms with Crippen molar-refractivity contribution in [2.45, 2.75) is 37.5 Å². The number of amides is 1. The predicted molar refractivity (Wildman–Crippen MR) is 136 cm³/mol. The summed E-state index contributed by atoms with van der Waals surface area (Å²) in [6, 6.07) is 6.61. The molecule has 2 heterocycles. The smallest absolute Gasteiger partial charge is 0.387 e. The number of nitrogens with one attached hydrogen (secondary N) is 1. The summed E-state index contributed by atoms with van der Waals surface area (Å²) in [6.45, 7) is 2.63. The van der Waals surface area contributed by atoms with Gasteiger partial charge in [0.15, 0.2) is 0 Å². The monoisotopic (exact) mass is 569 g/mol. The number of aliphatic hydroxyl groups is 1. The maximum Gasteiger partial charge on any atom is 0.401 e. The molecule has 1 saturated heterocycles. The number of benzene rings is 1. The first kappa shape index (κ1) is 30.4. The molecule has 3 atom stereocenters. The van der Waals surface area contributed by atoms with Gasteiger partial charge in [-0.3, -0.25) is 4.79 Å². The Hall–Kier alpha value is -1.85. The molecule has 0 unspecified atom stereocenters. The van der Waals surface area contributed by atoms with Crippen LogP contribution in [0.15, 0.2) is 30.6 Å². The summed E-state index contributed by atoms with van der Waals surface area (Å²) in [5.41, 5.74) is 2.22. The van der Waals surface area contributed by atoms with E-state index in [4.69, 9.17) is 11.6 Å². The molecule has 0 spiro atoms. The average molecular weight is 571 g/mol. The van der Waals surface area contributed by atoms with Crippen LogP contribution < -0.4 is 10.2 Å². The Labute approximate surface area is 225 Å². The molecule has 0 bridgehead atoms. The Morgan fingerprint density at radius 3 is 2.42 bits per heavy atom. The van der Waals surface area contributed by atoms with Crippen LogP contribution in [0, 0.1) is 0 Å². The van der Waals surface area contributed by atoms with Crippen molar-refractivity contribution in [2.24, 2.45) is 0 Å². The fraction of sp³-hybridized carbons (Fsp3) is 0.522. The van der Waals surface area contributed by atoms with Crippen LogP contribution in [0.1, 0.15) is 48.1 Å². The molecule has 13 heteroatoms. The Morgan fingerprint density at radius 1 is 1.17 bits per heavy atom. The molecule has 1 aliphatic heterocycles. The van der Waals surface area contributed by atoms with Crippen molar-refractivity contribution in [1.29, 1.82) is 0 Å². The number of hydrogen-bond donors (Lipinski definition) is 2. The van der Waals surface area contributed by atoms with Gasteiger partial charge in [0.2, 0.25) is 5.91 Å². The number of piperazine rings is 1. The molecule has 1 aromatic carbocycles. The van der Waals surface area contributed by atoms with Crippen LogP contribution >= 0.6 is 36.4 Å². The second kappa shape index (κ2) is 12.6. The van der Waals surface area contributed by atoms with Gasteiger partial charge in [-0.15, -0.1) is 24.8 Å². The predicted octanol–water partition coefficient (Wildman–Crippen LogP) is 4.10. The van der Waals surface area contributed by atoms with E-state index >= 15 is 0 Å². The molecular formula is C23H29Cl3F3N5O2. The molecule has 1 aliphatic carbocycles. The molecule has 0 radical (unpaired) electrons. The van der Waals surface area contributed by atoms with E-state index in [0.29, 0.717) is 48.9 Å². The van der Waals surface area contributed by atoms with Crippen molar-refractivity contribution in [3.05, 3.63) is 52.4 Å². The largest absolute Gasteiger partial charge is 0.401 e. The highest BCUT2D eigenvalue weighted by Gasteiger charge is 2.35. The molecule has 200 valence electrons. The van der Waals surface area contributed by atoms with Crippen LogP contribution in [0.4, 0.5) is 19.0 Å². The van der Waals surface area contributed by atoms with Gasteiger partial charge in [0.1, 0.15) is 12.1 Å². The van der Waals surface area contributed by atoms with E-state index in [1.54, 1.807) is 29.2 Å². The maximum absolute atomic E-state index is 13.4. The van der Waals surface area contributed by atoms with Gasteiger partial charge >= 0.3 is 6.18 Å². The first-order chi connectivity index (χ1) is 16.1. The molecule has 4 rings (SSSR count). The number of anilines is 1. The molecule has 1 fully saturated rings. The third-order valence-electron chi connectivity index (χ3n) is 6.41. The van der Waals surface area contributed by atoms with Gasteiger partial charge in [-0.1, -0.05) is 30.7 Å². The van der Waals surface area contributed by atoms with Crippen molar-refractivity contribution in [3.63, 3.8) is 0 Å². The van der Waals surface area contributed by atoms with Crippen molar-refractivity contribution < 1.29 is 23.1 Å². The van der Waals surface area contributed by atoms with Crippen LogP contribution in [0.25, 0.3) is 0 Å². The zero-order valence-electron chi connectivity index (χ0n) is 19.5. The number of alkyl halides is 3. The standard InChI is InChI=1S/C23H27ClF3N5O2.2ClH/c1-14-10-18(33)20-19(14)21(30-13-29-20)31-6-8-32(9-7-31)22(34)17(11-28-12-23(25,26)27)15-2-4-16(24)5-3-15;;/h2-5,13-14,17-18,28,33H,6-12H2,1H3;2*1H/t14-,17-,18-;;/m1../s1. The highest BCUT2D eigenvalue weighted by molar-refractivity contribution is 6.30. The van der Waals surface area contributed by atoms with E-state index in [-0.39, 0.29) is 43.2 Å². The first-order valence-corrected chi connectivity index (χ1v) is 11.6. The number of nitrogens with zero attached hydrogens (tertiary/aromatic N) is 4. The maximum atomic E-state index is 13.4. The van der Waals surface area contributed by atoms with E-state index in [1.165, 1.54) is 6.33 Å². The fourth-order valence-electron chi connectivity index (χ4n) is 4.71. The van der Waals surface area contributed by atoms with Gasteiger partial charge in [0.25, 0.3) is 0 Å². The van der Waals surface area contributed by atoms with Crippen molar-refractivity contribution >= 4 is 48.1 Å². The summed E-state index contributed by atoms with van der Waals surface area (Å²) in [5.74, 6) is -0.0740. The average Bonchev–Trinajstić information content (AvgIpc) is 3.10. The van der Waals surface area contributed by atoms with E-state index < -0.39 is 24.7 Å². The fourth-order valence-corrected chi connectivity index (χ4v) is 4.84. The van der Waals surface area contributed by atoms with Gasteiger partial charge in [-0.05, 0) is 30.0 Å². The minimum absolute atomic E-state index is 0. The van der Waals surface area contributed by atoms with Gasteiger partial charge in [0, 0.05) is 43.3 Å². The van der Waals surface area contributed by atoms with Gasteiger partial charge in [-0.25, -0.2) is 9.97 Å². The number of aliphatic hydroxyl groups excluding tert-OH is 1. The van der Waals surface area contributed by atoms with Crippen LogP contribution in [0.3, 0.4) is 0 Å². The molecule has 1 amide bonds. The third-order valence-corrected chi connectivity index (χ3v) is 6.67. The van der Waals surface area contributed by atoms with Crippen LogP contribution in [-0.4, -0.2) is 71.3 Å². The third kappa shape index (κ3) is 6.92. The molecule has 36 heavy (non-hydrogen) atoms.